The Labute approximate surface area is 126 Å². The number of nitrogens with two attached hydrogens (primary N) is 1. The van der Waals surface area contributed by atoms with E-state index in [-0.39, 0.29) is 18.1 Å². The Bertz CT molecular complexity index is 910. The summed E-state index contributed by atoms with van der Waals surface area (Å²) in [7, 11) is 0. The second kappa shape index (κ2) is 5.27. The number of hydrogen-bond acceptors (Lipinski definition) is 5. The van der Waals surface area contributed by atoms with Gasteiger partial charge in [-0.3, -0.25) is 14.5 Å². The third kappa shape index (κ3) is 2.35. The predicted octanol–water partition coefficient (Wildman–Crippen LogP) is 0.859. The molecule has 0 atom stereocenters. The third-order valence-corrected chi connectivity index (χ3v) is 3.69. The molecule has 0 aliphatic heterocycles. The quantitative estimate of drug-likeness (QED) is 0.664. The monoisotopic (exact) mass is 299 g/mol. The highest BCUT2D eigenvalue weighted by molar-refractivity contribution is 5.77. The largest absolute Gasteiger partial charge is 0.392 e. The summed E-state index contributed by atoms with van der Waals surface area (Å²) >= 11 is 0. The molecule has 0 saturated carbocycles. The minimum absolute atomic E-state index is 0.00773. The van der Waals surface area contributed by atoms with Crippen molar-refractivity contribution in [1.82, 2.24) is 19.7 Å². The maximum Gasteiger partial charge on any atom is 0.278 e. The Morgan fingerprint density at radius 1 is 1.36 bits per heavy atom. The van der Waals surface area contributed by atoms with Crippen molar-refractivity contribution >= 4 is 17.0 Å². The second-order valence-corrected chi connectivity index (χ2v) is 5.31. The third-order valence-electron chi connectivity index (χ3n) is 3.69. The number of rotatable bonds is 3. The number of aromatic amines is 1. The van der Waals surface area contributed by atoms with Gasteiger partial charge in [-0.25, -0.2) is 4.98 Å². The van der Waals surface area contributed by atoms with Gasteiger partial charge in [0.25, 0.3) is 5.56 Å². The number of nitrogens with one attached hydrogen (secondary N) is 1. The lowest BCUT2D eigenvalue weighted by Crippen LogP contribution is -2.15. The van der Waals surface area contributed by atoms with Gasteiger partial charge in [-0.2, -0.15) is 5.10 Å². The van der Waals surface area contributed by atoms with Gasteiger partial charge in [0.1, 0.15) is 5.52 Å². The summed E-state index contributed by atoms with van der Waals surface area (Å²) in [6.45, 7) is 4.23. The fourth-order valence-electron chi connectivity index (χ4n) is 2.56. The topological polar surface area (TPSA) is 110 Å². The van der Waals surface area contributed by atoms with Crippen LogP contribution in [0, 0.1) is 13.8 Å². The number of fused-ring (bicyclic) bond motifs is 1. The van der Waals surface area contributed by atoms with Crippen molar-refractivity contribution in [3.8, 4) is 0 Å². The van der Waals surface area contributed by atoms with Crippen LogP contribution in [0.15, 0.2) is 23.0 Å². The Kier molecular flexibility index (Phi) is 3.42. The van der Waals surface area contributed by atoms with Gasteiger partial charge in [-0.15, -0.1) is 0 Å². The zero-order valence-corrected chi connectivity index (χ0v) is 12.4. The molecule has 22 heavy (non-hydrogen) atoms. The number of H-pyrrole nitrogens is 1. The van der Waals surface area contributed by atoms with Crippen molar-refractivity contribution in [2.45, 2.75) is 27.0 Å². The number of benzene rings is 1. The lowest BCUT2D eigenvalue weighted by molar-refractivity contribution is 0.281. The first-order valence-electron chi connectivity index (χ1n) is 6.91. The van der Waals surface area contributed by atoms with Crippen LogP contribution in [0.2, 0.25) is 0 Å². The summed E-state index contributed by atoms with van der Waals surface area (Å²) in [5.41, 5.74) is 9.80. The number of aliphatic hydroxyl groups is 1. The molecule has 0 bridgehead atoms. The molecule has 0 unspecified atom stereocenters. The molecule has 1 aromatic carbocycles. The average Bonchev–Trinajstić information content (AvgIpc) is 2.77. The average molecular weight is 299 g/mol. The Morgan fingerprint density at radius 2 is 2.14 bits per heavy atom. The molecule has 2 heterocycles. The number of nitrogen functional groups attached to an aromatic ring is 1. The van der Waals surface area contributed by atoms with E-state index in [9.17, 15) is 4.79 Å². The lowest BCUT2D eigenvalue weighted by atomic mass is 10.1. The summed E-state index contributed by atoms with van der Waals surface area (Å²) in [5, 5.41) is 13.6. The van der Waals surface area contributed by atoms with Crippen molar-refractivity contribution in [3.63, 3.8) is 0 Å². The van der Waals surface area contributed by atoms with Gasteiger partial charge in [-0.05, 0) is 30.5 Å². The molecule has 0 amide bonds. The molecular formula is C15H17N5O2. The van der Waals surface area contributed by atoms with Gasteiger partial charge in [0.05, 0.1) is 18.8 Å². The molecule has 0 aliphatic rings. The SMILES string of the molecule is Cc1cc(CO)ccc1Cn1nc(C)c2nc(N)[nH]c(=O)c21. The first-order valence-corrected chi connectivity index (χ1v) is 6.91. The van der Waals surface area contributed by atoms with Crippen LogP contribution in [-0.2, 0) is 13.2 Å². The van der Waals surface area contributed by atoms with Crippen LogP contribution in [0.25, 0.3) is 11.0 Å². The van der Waals surface area contributed by atoms with Crippen molar-refractivity contribution in [1.29, 1.82) is 0 Å². The number of aryl methyl sites for hydroxylation is 2. The molecule has 0 saturated heterocycles. The molecule has 114 valence electrons. The molecule has 4 N–H and O–H groups in total. The van der Waals surface area contributed by atoms with Gasteiger partial charge < -0.3 is 10.8 Å². The Morgan fingerprint density at radius 3 is 2.82 bits per heavy atom. The molecule has 2 aromatic heterocycles. The highest BCUT2D eigenvalue weighted by Crippen LogP contribution is 2.17. The Hall–Kier alpha value is -2.67. The van der Waals surface area contributed by atoms with E-state index < -0.39 is 0 Å². The van der Waals surface area contributed by atoms with E-state index in [0.717, 1.165) is 16.7 Å². The van der Waals surface area contributed by atoms with Gasteiger partial charge in [0.2, 0.25) is 5.95 Å². The van der Waals surface area contributed by atoms with Crippen LogP contribution in [0.3, 0.4) is 0 Å². The maximum absolute atomic E-state index is 12.1. The molecule has 7 heteroatoms. The summed E-state index contributed by atoms with van der Waals surface area (Å²) in [4.78, 5) is 18.8. The van der Waals surface area contributed by atoms with E-state index in [1.54, 1.807) is 11.6 Å². The maximum atomic E-state index is 12.1. The van der Waals surface area contributed by atoms with Crippen molar-refractivity contribution in [2.75, 3.05) is 5.73 Å². The number of hydrogen-bond donors (Lipinski definition) is 3. The van der Waals surface area contributed by atoms with Crippen molar-refractivity contribution < 1.29 is 5.11 Å². The molecule has 0 spiro atoms. The van der Waals surface area contributed by atoms with E-state index in [1.807, 2.05) is 25.1 Å². The number of anilines is 1. The number of nitrogens with zero attached hydrogens (tertiary/aromatic N) is 3. The van der Waals surface area contributed by atoms with E-state index in [1.165, 1.54) is 0 Å². The van der Waals surface area contributed by atoms with Gasteiger partial charge >= 0.3 is 0 Å². The summed E-state index contributed by atoms with van der Waals surface area (Å²) in [6.07, 6.45) is 0. The van der Waals surface area contributed by atoms with E-state index in [4.69, 9.17) is 10.8 Å². The summed E-state index contributed by atoms with van der Waals surface area (Å²) in [5.74, 6) is 0.0867. The molecule has 0 fully saturated rings. The molecule has 3 rings (SSSR count). The summed E-state index contributed by atoms with van der Waals surface area (Å²) < 4.78 is 1.64. The zero-order valence-electron chi connectivity index (χ0n) is 12.4. The van der Waals surface area contributed by atoms with Gasteiger partial charge in [0.15, 0.2) is 5.52 Å². The smallest absolute Gasteiger partial charge is 0.278 e. The first-order chi connectivity index (χ1) is 10.5. The molecule has 0 aliphatic carbocycles. The van der Waals surface area contributed by atoms with E-state index in [2.05, 4.69) is 15.1 Å². The standard InChI is InChI=1S/C15H17N5O2/c1-8-5-10(7-21)3-4-11(8)6-20-13-12(9(2)19-20)17-15(16)18-14(13)22/h3-5,21H,6-7H2,1-2H3,(H3,16,17,18,22). The zero-order chi connectivity index (χ0) is 15.9. The van der Waals surface area contributed by atoms with Crippen molar-refractivity contribution in [3.05, 3.63) is 50.9 Å². The number of aliphatic hydroxyl groups excluding tert-OH is 1. The van der Waals surface area contributed by atoms with E-state index >= 15 is 0 Å². The highest BCUT2D eigenvalue weighted by atomic mass is 16.3. The molecule has 3 aromatic rings. The fourth-order valence-corrected chi connectivity index (χ4v) is 2.56. The van der Waals surface area contributed by atoms with Gasteiger partial charge in [-0.1, -0.05) is 18.2 Å². The highest BCUT2D eigenvalue weighted by Gasteiger charge is 2.14. The second-order valence-electron chi connectivity index (χ2n) is 5.31. The first kappa shape index (κ1) is 14.3. The number of aromatic nitrogens is 4. The van der Waals surface area contributed by atoms with Crippen LogP contribution in [-0.4, -0.2) is 24.9 Å². The van der Waals surface area contributed by atoms with Crippen LogP contribution in [0.1, 0.15) is 22.4 Å². The Balaban J connectivity index is 2.10. The van der Waals surface area contributed by atoms with Crippen molar-refractivity contribution in [2.24, 2.45) is 0 Å². The fraction of sp³-hybridized carbons (Fsp3) is 0.267. The van der Waals surface area contributed by atoms with Crippen LogP contribution < -0.4 is 11.3 Å². The minimum Gasteiger partial charge on any atom is -0.392 e. The lowest BCUT2D eigenvalue weighted by Gasteiger charge is -2.08. The van der Waals surface area contributed by atoms with Crippen LogP contribution in [0.5, 0.6) is 0 Å². The molecule has 7 nitrogen and oxygen atoms in total. The summed E-state index contributed by atoms with van der Waals surface area (Å²) in [6, 6.07) is 5.72. The normalized spacial score (nSPS) is 11.2. The van der Waals surface area contributed by atoms with E-state index in [0.29, 0.717) is 23.3 Å². The predicted molar refractivity (Wildman–Crippen MR) is 83.5 cm³/mol. The van der Waals surface area contributed by atoms with Crippen LogP contribution >= 0.6 is 0 Å². The van der Waals surface area contributed by atoms with Crippen LogP contribution in [0.4, 0.5) is 5.95 Å². The minimum atomic E-state index is -0.298. The molecule has 0 radical (unpaired) electrons. The van der Waals surface area contributed by atoms with Gasteiger partial charge in [0, 0.05) is 0 Å². The molecular weight excluding hydrogens is 282 g/mol.